The maximum absolute atomic E-state index is 13.6. The van der Waals surface area contributed by atoms with E-state index in [1.54, 1.807) is 35.8 Å². The summed E-state index contributed by atoms with van der Waals surface area (Å²) in [6.07, 6.45) is 0.895. The topological polar surface area (TPSA) is 45.8 Å². The molecule has 0 aliphatic carbocycles. The van der Waals surface area contributed by atoms with Crippen molar-refractivity contribution >= 4 is 11.3 Å². The lowest BCUT2D eigenvalue weighted by Crippen LogP contribution is -2.35. The van der Waals surface area contributed by atoms with Crippen molar-refractivity contribution in [1.82, 2.24) is 4.90 Å². The van der Waals surface area contributed by atoms with Gasteiger partial charge in [0.1, 0.15) is 18.5 Å². The van der Waals surface area contributed by atoms with Gasteiger partial charge in [0.15, 0.2) is 11.6 Å². The second-order valence-corrected chi connectivity index (χ2v) is 7.17. The molecular formula is C20H22FNO3S. The van der Waals surface area contributed by atoms with Crippen LogP contribution in [0.4, 0.5) is 4.39 Å². The average Bonchev–Trinajstić information content (AvgIpc) is 3.26. The molecule has 1 atom stereocenters. The molecule has 0 spiro atoms. The number of aryl methyl sites for hydroxylation is 1. The van der Waals surface area contributed by atoms with Crippen LogP contribution in [0, 0.1) is 12.7 Å². The van der Waals surface area contributed by atoms with E-state index in [0.717, 1.165) is 5.76 Å². The molecule has 0 aliphatic rings. The van der Waals surface area contributed by atoms with Crippen LogP contribution >= 0.6 is 11.3 Å². The van der Waals surface area contributed by atoms with E-state index in [2.05, 4.69) is 23.3 Å². The van der Waals surface area contributed by atoms with E-state index in [1.807, 2.05) is 12.1 Å². The number of hydrogen-bond acceptors (Lipinski definition) is 5. The summed E-state index contributed by atoms with van der Waals surface area (Å²) >= 11 is 1.70. The van der Waals surface area contributed by atoms with Gasteiger partial charge in [-0.25, -0.2) is 4.39 Å². The number of ether oxygens (including phenoxy) is 1. The first-order valence-electron chi connectivity index (χ1n) is 8.45. The molecule has 4 nitrogen and oxygen atoms in total. The Morgan fingerprint density at radius 2 is 2.04 bits per heavy atom. The first-order valence-corrected chi connectivity index (χ1v) is 9.33. The third kappa shape index (κ3) is 5.17. The highest BCUT2D eigenvalue weighted by Crippen LogP contribution is 2.20. The van der Waals surface area contributed by atoms with E-state index in [-0.39, 0.29) is 12.4 Å². The lowest BCUT2D eigenvalue weighted by atomic mass is 10.2. The van der Waals surface area contributed by atoms with E-state index >= 15 is 0 Å². The predicted molar refractivity (Wildman–Crippen MR) is 99.8 cm³/mol. The number of halogens is 1. The summed E-state index contributed by atoms with van der Waals surface area (Å²) in [6.45, 7) is 3.79. The van der Waals surface area contributed by atoms with Crippen LogP contribution in [-0.4, -0.2) is 29.3 Å². The Bertz CT molecular complexity index is 803. The van der Waals surface area contributed by atoms with Gasteiger partial charge in [0.05, 0.1) is 12.8 Å². The van der Waals surface area contributed by atoms with E-state index < -0.39 is 11.9 Å². The molecule has 0 amide bonds. The highest BCUT2D eigenvalue weighted by Gasteiger charge is 2.17. The van der Waals surface area contributed by atoms with Crippen molar-refractivity contribution in [2.45, 2.75) is 26.1 Å². The zero-order valence-electron chi connectivity index (χ0n) is 14.6. The second kappa shape index (κ2) is 8.98. The van der Waals surface area contributed by atoms with Crippen LogP contribution < -0.4 is 4.74 Å². The third-order valence-electron chi connectivity index (χ3n) is 4.03. The summed E-state index contributed by atoms with van der Waals surface area (Å²) in [4.78, 5) is 3.35. The Labute approximate surface area is 156 Å². The molecule has 1 aromatic carbocycles. The fourth-order valence-electron chi connectivity index (χ4n) is 2.68. The first-order chi connectivity index (χ1) is 12.6. The van der Waals surface area contributed by atoms with Gasteiger partial charge >= 0.3 is 0 Å². The minimum absolute atomic E-state index is 0.0268. The summed E-state index contributed by atoms with van der Waals surface area (Å²) < 4.78 is 24.5. The standard InChI is InChI=1S/C20H22FNO3S/c1-15-8-10-26-20(15)13-22(12-17-5-4-9-24-17)11-16(23)14-25-19-7-3-2-6-18(19)21/h2-10,16,23H,11-14H2,1H3. The Morgan fingerprint density at radius 3 is 2.73 bits per heavy atom. The minimum atomic E-state index is -0.746. The number of furan rings is 1. The summed E-state index contributed by atoms with van der Waals surface area (Å²) in [5, 5.41) is 12.4. The molecule has 0 bridgehead atoms. The molecule has 2 heterocycles. The summed E-state index contributed by atoms with van der Waals surface area (Å²) in [6, 6.07) is 12.0. The molecule has 26 heavy (non-hydrogen) atoms. The molecule has 0 saturated carbocycles. The monoisotopic (exact) mass is 375 g/mol. The summed E-state index contributed by atoms with van der Waals surface area (Å²) in [7, 11) is 0. The smallest absolute Gasteiger partial charge is 0.165 e. The number of para-hydroxylation sites is 1. The normalized spacial score (nSPS) is 12.5. The Hall–Kier alpha value is -2.15. The van der Waals surface area contributed by atoms with E-state index in [9.17, 15) is 9.50 Å². The van der Waals surface area contributed by atoms with Gasteiger partial charge in [-0.15, -0.1) is 11.3 Å². The number of hydrogen-bond donors (Lipinski definition) is 1. The SMILES string of the molecule is Cc1ccsc1CN(Cc1ccco1)CC(O)COc1ccccc1F. The van der Waals surface area contributed by atoms with Crippen molar-refractivity contribution in [3.8, 4) is 5.75 Å². The molecule has 1 unspecified atom stereocenters. The molecule has 1 N–H and O–H groups in total. The molecule has 6 heteroatoms. The zero-order chi connectivity index (χ0) is 18.4. The second-order valence-electron chi connectivity index (χ2n) is 6.17. The number of thiophene rings is 1. The predicted octanol–water partition coefficient (Wildman–Crippen LogP) is 4.23. The Kier molecular flexibility index (Phi) is 6.44. The lowest BCUT2D eigenvalue weighted by Gasteiger charge is -2.24. The molecule has 0 aliphatic heterocycles. The van der Waals surface area contributed by atoms with E-state index in [1.165, 1.54) is 16.5 Å². The van der Waals surface area contributed by atoms with Crippen molar-refractivity contribution in [3.05, 3.63) is 76.1 Å². The lowest BCUT2D eigenvalue weighted by molar-refractivity contribution is 0.0595. The van der Waals surface area contributed by atoms with Crippen LogP contribution in [0.3, 0.4) is 0 Å². The highest BCUT2D eigenvalue weighted by molar-refractivity contribution is 7.10. The summed E-state index contributed by atoms with van der Waals surface area (Å²) in [5.74, 6) is 0.556. The largest absolute Gasteiger partial charge is 0.488 e. The molecule has 0 saturated heterocycles. The van der Waals surface area contributed by atoms with Crippen LogP contribution in [0.5, 0.6) is 5.75 Å². The van der Waals surface area contributed by atoms with Crippen LogP contribution in [0.15, 0.2) is 58.5 Å². The van der Waals surface area contributed by atoms with Gasteiger partial charge in [0.2, 0.25) is 0 Å². The molecule has 3 aromatic rings. The van der Waals surface area contributed by atoms with Crippen LogP contribution in [-0.2, 0) is 13.1 Å². The molecule has 0 radical (unpaired) electrons. The number of aliphatic hydroxyl groups excluding tert-OH is 1. The number of aliphatic hydroxyl groups is 1. The van der Waals surface area contributed by atoms with Gasteiger partial charge in [-0.3, -0.25) is 4.90 Å². The fraction of sp³-hybridized carbons (Fsp3) is 0.300. The number of nitrogens with zero attached hydrogens (tertiary/aromatic N) is 1. The molecule has 3 rings (SSSR count). The van der Waals surface area contributed by atoms with Crippen molar-refractivity contribution in [1.29, 1.82) is 0 Å². The van der Waals surface area contributed by atoms with Gasteiger partial charge in [-0.05, 0) is 48.2 Å². The average molecular weight is 375 g/mol. The summed E-state index contributed by atoms with van der Waals surface area (Å²) in [5.41, 5.74) is 1.23. The van der Waals surface area contributed by atoms with Gasteiger partial charge in [-0.1, -0.05) is 12.1 Å². The molecule has 0 fully saturated rings. The minimum Gasteiger partial charge on any atom is -0.488 e. The third-order valence-corrected chi connectivity index (χ3v) is 5.04. The van der Waals surface area contributed by atoms with Crippen molar-refractivity contribution in [2.24, 2.45) is 0 Å². The molecule has 138 valence electrons. The quantitative estimate of drug-likeness (QED) is 0.608. The van der Waals surface area contributed by atoms with Gasteiger partial charge in [0.25, 0.3) is 0 Å². The Balaban J connectivity index is 1.60. The van der Waals surface area contributed by atoms with Crippen molar-refractivity contribution in [3.63, 3.8) is 0 Å². The fourth-order valence-corrected chi connectivity index (χ4v) is 3.62. The van der Waals surface area contributed by atoms with Crippen LogP contribution in [0.2, 0.25) is 0 Å². The van der Waals surface area contributed by atoms with Gasteiger partial charge in [0, 0.05) is 18.0 Å². The van der Waals surface area contributed by atoms with Crippen LogP contribution in [0.1, 0.15) is 16.2 Å². The van der Waals surface area contributed by atoms with E-state index in [4.69, 9.17) is 9.15 Å². The number of benzene rings is 1. The van der Waals surface area contributed by atoms with Gasteiger partial charge < -0.3 is 14.3 Å². The molecule has 2 aromatic heterocycles. The van der Waals surface area contributed by atoms with Crippen molar-refractivity contribution < 1.29 is 18.7 Å². The Morgan fingerprint density at radius 1 is 1.19 bits per heavy atom. The zero-order valence-corrected chi connectivity index (χ0v) is 15.4. The maximum Gasteiger partial charge on any atom is 0.165 e. The van der Waals surface area contributed by atoms with Crippen molar-refractivity contribution in [2.75, 3.05) is 13.2 Å². The highest BCUT2D eigenvalue weighted by atomic mass is 32.1. The first kappa shape index (κ1) is 18.6. The van der Waals surface area contributed by atoms with Crippen LogP contribution in [0.25, 0.3) is 0 Å². The van der Waals surface area contributed by atoms with E-state index in [0.29, 0.717) is 19.6 Å². The number of rotatable bonds is 9. The maximum atomic E-state index is 13.6. The molecular weight excluding hydrogens is 353 g/mol. The van der Waals surface area contributed by atoms with Gasteiger partial charge in [-0.2, -0.15) is 0 Å².